The molecule has 0 fully saturated rings. The standard InChI is InChI=1S/C23H45N5O5/c1-8-25-18(20(31)27-17(16(2)29)10-9-14-26-21(24)32)11-12-19(30)28-23(6,7)13-15-33-22(3,4)5/h17-18,25H,8-15H2,1-7H3,(H,27,31)(H,28,30)(H3,24,26,32). The minimum atomic E-state index is -0.663. The van der Waals surface area contributed by atoms with Crippen LogP contribution in [0.4, 0.5) is 4.79 Å². The van der Waals surface area contributed by atoms with E-state index in [-0.39, 0.29) is 29.6 Å². The number of carbonyl (C=O) groups excluding carboxylic acids is 4. The van der Waals surface area contributed by atoms with Crippen LogP contribution in [-0.2, 0) is 19.1 Å². The van der Waals surface area contributed by atoms with E-state index in [0.717, 1.165) is 0 Å². The Morgan fingerprint density at radius 3 is 2.15 bits per heavy atom. The second-order valence-corrected chi connectivity index (χ2v) is 9.90. The van der Waals surface area contributed by atoms with E-state index in [1.165, 1.54) is 6.92 Å². The summed E-state index contributed by atoms with van der Waals surface area (Å²) >= 11 is 0. The van der Waals surface area contributed by atoms with Crippen LogP contribution in [0.5, 0.6) is 0 Å². The highest BCUT2D eigenvalue weighted by Gasteiger charge is 2.26. The van der Waals surface area contributed by atoms with Crippen molar-refractivity contribution < 1.29 is 23.9 Å². The first-order valence-electron chi connectivity index (χ1n) is 11.7. The van der Waals surface area contributed by atoms with Crippen molar-refractivity contribution in [2.24, 2.45) is 5.73 Å². The predicted molar refractivity (Wildman–Crippen MR) is 129 cm³/mol. The fourth-order valence-corrected chi connectivity index (χ4v) is 3.13. The topological polar surface area (TPSA) is 152 Å². The van der Waals surface area contributed by atoms with Crippen molar-refractivity contribution in [3.8, 4) is 0 Å². The first-order valence-corrected chi connectivity index (χ1v) is 11.7. The minimum absolute atomic E-state index is 0.146. The van der Waals surface area contributed by atoms with E-state index in [1.54, 1.807) is 0 Å². The molecule has 4 amide bonds. The lowest BCUT2D eigenvalue weighted by molar-refractivity contribution is -0.129. The summed E-state index contributed by atoms with van der Waals surface area (Å²) in [5.74, 6) is -0.646. The number of urea groups is 1. The number of carbonyl (C=O) groups is 4. The van der Waals surface area contributed by atoms with Gasteiger partial charge in [-0.2, -0.15) is 0 Å². The second-order valence-electron chi connectivity index (χ2n) is 9.90. The van der Waals surface area contributed by atoms with E-state index in [9.17, 15) is 19.2 Å². The largest absolute Gasteiger partial charge is 0.376 e. The Labute approximate surface area is 198 Å². The molecule has 0 heterocycles. The van der Waals surface area contributed by atoms with Gasteiger partial charge in [-0.25, -0.2) is 4.79 Å². The first-order chi connectivity index (χ1) is 15.2. The van der Waals surface area contributed by atoms with Crippen LogP contribution in [0.1, 0.15) is 80.6 Å². The lowest BCUT2D eigenvalue weighted by Crippen LogP contribution is -2.50. The second kappa shape index (κ2) is 14.8. The fourth-order valence-electron chi connectivity index (χ4n) is 3.13. The Kier molecular flexibility index (Phi) is 13.9. The normalized spacial score (nSPS) is 13.7. The lowest BCUT2D eigenvalue weighted by Gasteiger charge is -2.29. The van der Waals surface area contributed by atoms with Gasteiger partial charge in [0, 0.05) is 25.1 Å². The van der Waals surface area contributed by atoms with Crippen molar-refractivity contribution in [2.75, 3.05) is 19.7 Å². The molecule has 0 rings (SSSR count). The van der Waals surface area contributed by atoms with Crippen molar-refractivity contribution in [3.63, 3.8) is 0 Å². The Hall–Kier alpha value is -2.20. The highest BCUT2D eigenvalue weighted by atomic mass is 16.5. The van der Waals surface area contributed by atoms with Crippen LogP contribution in [-0.4, -0.2) is 66.5 Å². The van der Waals surface area contributed by atoms with Crippen molar-refractivity contribution in [3.05, 3.63) is 0 Å². The number of rotatable bonds is 16. The number of hydrogen-bond donors (Lipinski definition) is 5. The summed E-state index contributed by atoms with van der Waals surface area (Å²) in [4.78, 5) is 47.9. The van der Waals surface area contributed by atoms with Gasteiger partial charge in [0.05, 0.1) is 17.7 Å². The van der Waals surface area contributed by atoms with E-state index in [4.69, 9.17) is 10.5 Å². The van der Waals surface area contributed by atoms with Crippen molar-refractivity contribution in [2.45, 2.75) is 104 Å². The number of Topliss-reactive ketones (excluding diaryl/α,β-unsaturated/α-hetero) is 1. The summed E-state index contributed by atoms with van der Waals surface area (Å²) in [5, 5.41) is 11.3. The zero-order valence-corrected chi connectivity index (χ0v) is 21.4. The van der Waals surface area contributed by atoms with Crippen LogP contribution in [0.2, 0.25) is 0 Å². The van der Waals surface area contributed by atoms with Gasteiger partial charge in [-0.15, -0.1) is 0 Å². The van der Waals surface area contributed by atoms with Crippen LogP contribution in [0.15, 0.2) is 0 Å². The molecule has 33 heavy (non-hydrogen) atoms. The van der Waals surface area contributed by atoms with Crippen molar-refractivity contribution in [1.82, 2.24) is 21.3 Å². The third-order valence-electron chi connectivity index (χ3n) is 4.94. The molecule has 0 aromatic rings. The molecule has 2 unspecified atom stereocenters. The predicted octanol–water partition coefficient (Wildman–Crippen LogP) is 1.37. The zero-order chi connectivity index (χ0) is 25.7. The van der Waals surface area contributed by atoms with E-state index in [2.05, 4.69) is 21.3 Å². The first kappa shape index (κ1) is 30.8. The van der Waals surface area contributed by atoms with Gasteiger partial charge in [-0.1, -0.05) is 6.92 Å². The Morgan fingerprint density at radius 1 is 1.00 bits per heavy atom. The number of nitrogens with two attached hydrogens (primary N) is 1. The molecular weight excluding hydrogens is 426 g/mol. The number of primary amides is 1. The molecule has 0 saturated heterocycles. The Morgan fingerprint density at radius 2 is 1.64 bits per heavy atom. The number of likely N-dealkylation sites (N-methyl/N-ethyl adjacent to an activating group) is 1. The molecule has 0 aliphatic heterocycles. The number of amides is 4. The molecule has 192 valence electrons. The smallest absolute Gasteiger partial charge is 0.312 e. The van der Waals surface area contributed by atoms with Crippen LogP contribution < -0.4 is 27.0 Å². The molecule has 0 aliphatic carbocycles. The van der Waals surface area contributed by atoms with E-state index in [0.29, 0.717) is 45.4 Å². The summed E-state index contributed by atoms with van der Waals surface area (Å²) in [6.07, 6.45) is 2.01. The van der Waals surface area contributed by atoms with Crippen LogP contribution >= 0.6 is 0 Å². The molecule has 2 atom stereocenters. The van der Waals surface area contributed by atoms with Gasteiger partial charge in [0.2, 0.25) is 11.8 Å². The minimum Gasteiger partial charge on any atom is -0.376 e. The van der Waals surface area contributed by atoms with E-state index < -0.39 is 23.7 Å². The molecular formula is C23H45N5O5. The molecule has 0 spiro atoms. The SMILES string of the molecule is CCNC(CCC(=O)NC(C)(C)CCOC(C)(C)C)C(=O)NC(CCCNC(N)=O)C(C)=O. The highest BCUT2D eigenvalue weighted by Crippen LogP contribution is 2.14. The zero-order valence-electron chi connectivity index (χ0n) is 21.4. The number of ether oxygens (including phenoxy) is 1. The molecule has 0 saturated carbocycles. The Balaban J connectivity index is 4.71. The maximum Gasteiger partial charge on any atom is 0.312 e. The lowest BCUT2D eigenvalue weighted by atomic mass is 10.00. The van der Waals surface area contributed by atoms with E-state index in [1.807, 2.05) is 41.5 Å². The summed E-state index contributed by atoms with van der Waals surface area (Å²) in [6, 6.07) is -1.89. The number of nitrogens with one attached hydrogen (secondary N) is 4. The summed E-state index contributed by atoms with van der Waals surface area (Å²) in [5.41, 5.74) is 4.36. The average Bonchev–Trinajstić information content (AvgIpc) is 2.65. The summed E-state index contributed by atoms with van der Waals surface area (Å²) in [6.45, 7) is 14.5. The van der Waals surface area contributed by atoms with Crippen molar-refractivity contribution >= 4 is 23.6 Å². The van der Waals surface area contributed by atoms with E-state index >= 15 is 0 Å². The third kappa shape index (κ3) is 16.1. The van der Waals surface area contributed by atoms with Gasteiger partial charge >= 0.3 is 6.03 Å². The van der Waals surface area contributed by atoms with Gasteiger partial charge < -0.3 is 31.7 Å². The van der Waals surface area contributed by atoms with Crippen LogP contribution in [0, 0.1) is 0 Å². The maximum absolute atomic E-state index is 12.8. The molecule has 0 bridgehead atoms. The molecule has 6 N–H and O–H groups in total. The molecule has 0 aromatic carbocycles. The molecule has 10 heteroatoms. The Bertz CT molecular complexity index is 646. The molecule has 0 aliphatic rings. The highest BCUT2D eigenvalue weighted by molar-refractivity contribution is 5.90. The van der Waals surface area contributed by atoms with Gasteiger partial charge in [-0.3, -0.25) is 14.4 Å². The quantitative estimate of drug-likeness (QED) is 0.214. The van der Waals surface area contributed by atoms with Gasteiger partial charge in [0.25, 0.3) is 0 Å². The fraction of sp³-hybridized carbons (Fsp3) is 0.826. The van der Waals surface area contributed by atoms with Gasteiger partial charge in [0.15, 0.2) is 5.78 Å². The molecule has 0 aromatic heterocycles. The third-order valence-corrected chi connectivity index (χ3v) is 4.94. The number of ketones is 1. The maximum atomic E-state index is 12.8. The summed E-state index contributed by atoms with van der Waals surface area (Å²) < 4.78 is 5.74. The average molecular weight is 472 g/mol. The van der Waals surface area contributed by atoms with Crippen LogP contribution in [0.3, 0.4) is 0 Å². The van der Waals surface area contributed by atoms with Gasteiger partial charge in [0.1, 0.15) is 0 Å². The molecule has 10 nitrogen and oxygen atoms in total. The summed E-state index contributed by atoms with van der Waals surface area (Å²) in [7, 11) is 0. The van der Waals surface area contributed by atoms with Crippen LogP contribution in [0.25, 0.3) is 0 Å². The molecule has 0 radical (unpaired) electrons. The van der Waals surface area contributed by atoms with Crippen molar-refractivity contribution in [1.29, 1.82) is 0 Å². The number of hydrogen-bond acceptors (Lipinski definition) is 6. The monoisotopic (exact) mass is 471 g/mol. The van der Waals surface area contributed by atoms with Gasteiger partial charge in [-0.05, 0) is 73.8 Å².